The Morgan fingerprint density at radius 1 is 1.20 bits per heavy atom. The normalized spacial score (nSPS) is 14.2. The fourth-order valence-electron chi connectivity index (χ4n) is 2.00. The standard InChI is InChI=1S/C14H17N5O/c15-12-13(16-7-8-17-14(20)9-5-6-9)19-11-4-2-1-3-10(11)18-12/h1-4,9H,5-8H2,(H2,15,18)(H,16,19)(H,17,20). The number of nitrogen functional groups attached to an aromatic ring is 1. The molecule has 6 heteroatoms. The van der Waals surface area contributed by atoms with Gasteiger partial charge in [-0.15, -0.1) is 0 Å². The molecule has 1 fully saturated rings. The predicted molar refractivity (Wildman–Crippen MR) is 78.2 cm³/mol. The Kier molecular flexibility index (Phi) is 3.37. The van der Waals surface area contributed by atoms with E-state index in [1.165, 1.54) is 0 Å². The molecule has 6 nitrogen and oxygen atoms in total. The number of hydrogen-bond acceptors (Lipinski definition) is 5. The number of benzene rings is 1. The van der Waals surface area contributed by atoms with Gasteiger partial charge in [-0.2, -0.15) is 0 Å². The molecule has 1 amide bonds. The maximum Gasteiger partial charge on any atom is 0.223 e. The van der Waals surface area contributed by atoms with E-state index >= 15 is 0 Å². The first-order valence-corrected chi connectivity index (χ1v) is 6.78. The summed E-state index contributed by atoms with van der Waals surface area (Å²) in [6, 6.07) is 7.57. The van der Waals surface area contributed by atoms with E-state index < -0.39 is 0 Å². The second kappa shape index (κ2) is 5.32. The van der Waals surface area contributed by atoms with Gasteiger partial charge in [0.15, 0.2) is 11.6 Å². The Hall–Kier alpha value is -2.37. The lowest BCUT2D eigenvalue weighted by Gasteiger charge is -2.09. The van der Waals surface area contributed by atoms with E-state index in [-0.39, 0.29) is 11.8 Å². The molecule has 104 valence electrons. The topological polar surface area (TPSA) is 92.9 Å². The fraction of sp³-hybridized carbons (Fsp3) is 0.357. The Bertz CT molecular complexity index is 638. The van der Waals surface area contributed by atoms with E-state index in [1.807, 2.05) is 24.3 Å². The minimum absolute atomic E-state index is 0.143. The number of amides is 1. The van der Waals surface area contributed by atoms with Crippen molar-refractivity contribution in [1.82, 2.24) is 15.3 Å². The summed E-state index contributed by atoms with van der Waals surface area (Å²) in [6.45, 7) is 1.14. The van der Waals surface area contributed by atoms with E-state index in [0.29, 0.717) is 24.7 Å². The summed E-state index contributed by atoms with van der Waals surface area (Å²) in [5.74, 6) is 1.31. The van der Waals surface area contributed by atoms with Crippen LogP contribution in [0.4, 0.5) is 11.6 Å². The van der Waals surface area contributed by atoms with Crippen LogP contribution in [0.25, 0.3) is 11.0 Å². The number of anilines is 2. The van der Waals surface area contributed by atoms with Gasteiger partial charge in [0.25, 0.3) is 0 Å². The van der Waals surface area contributed by atoms with Gasteiger partial charge in [0.1, 0.15) is 0 Å². The van der Waals surface area contributed by atoms with Gasteiger partial charge < -0.3 is 16.4 Å². The Morgan fingerprint density at radius 2 is 1.90 bits per heavy atom. The number of carbonyl (C=O) groups excluding carboxylic acids is 1. The molecule has 20 heavy (non-hydrogen) atoms. The minimum atomic E-state index is 0.143. The molecule has 0 bridgehead atoms. The smallest absolute Gasteiger partial charge is 0.223 e. The van der Waals surface area contributed by atoms with Crippen molar-refractivity contribution < 1.29 is 4.79 Å². The van der Waals surface area contributed by atoms with Crippen LogP contribution in [0.1, 0.15) is 12.8 Å². The number of para-hydroxylation sites is 2. The Labute approximate surface area is 116 Å². The number of fused-ring (bicyclic) bond motifs is 1. The molecule has 1 aliphatic carbocycles. The van der Waals surface area contributed by atoms with Crippen LogP contribution >= 0.6 is 0 Å². The number of nitrogens with one attached hydrogen (secondary N) is 2. The molecule has 3 rings (SSSR count). The molecule has 0 aliphatic heterocycles. The first kappa shape index (κ1) is 12.7. The third-order valence-electron chi connectivity index (χ3n) is 3.26. The molecule has 0 atom stereocenters. The lowest BCUT2D eigenvalue weighted by atomic mass is 10.3. The van der Waals surface area contributed by atoms with Crippen molar-refractivity contribution in [2.45, 2.75) is 12.8 Å². The first-order chi connectivity index (χ1) is 9.74. The summed E-state index contributed by atoms with van der Waals surface area (Å²) in [7, 11) is 0. The van der Waals surface area contributed by atoms with Gasteiger partial charge in [0, 0.05) is 19.0 Å². The summed E-state index contributed by atoms with van der Waals surface area (Å²) >= 11 is 0. The monoisotopic (exact) mass is 271 g/mol. The average molecular weight is 271 g/mol. The quantitative estimate of drug-likeness (QED) is 0.709. The van der Waals surface area contributed by atoms with Gasteiger partial charge in [0.2, 0.25) is 5.91 Å². The number of carbonyl (C=O) groups is 1. The molecule has 1 aliphatic rings. The van der Waals surface area contributed by atoms with Gasteiger partial charge in [-0.25, -0.2) is 9.97 Å². The highest BCUT2D eigenvalue weighted by Crippen LogP contribution is 2.28. The second-order valence-electron chi connectivity index (χ2n) is 4.94. The molecule has 1 saturated carbocycles. The molecule has 1 aromatic heterocycles. The molecular formula is C14H17N5O. The minimum Gasteiger partial charge on any atom is -0.381 e. The molecule has 0 unspecified atom stereocenters. The van der Waals surface area contributed by atoms with Gasteiger partial charge in [-0.05, 0) is 25.0 Å². The lowest BCUT2D eigenvalue weighted by Crippen LogP contribution is -2.30. The SMILES string of the molecule is Nc1nc2ccccc2nc1NCCNC(=O)C1CC1. The Morgan fingerprint density at radius 3 is 2.60 bits per heavy atom. The summed E-state index contributed by atoms with van der Waals surface area (Å²) in [5.41, 5.74) is 7.44. The maximum atomic E-state index is 11.5. The van der Waals surface area contributed by atoms with Crippen molar-refractivity contribution in [3.8, 4) is 0 Å². The van der Waals surface area contributed by atoms with Crippen molar-refractivity contribution in [2.75, 3.05) is 24.1 Å². The van der Waals surface area contributed by atoms with Crippen LogP contribution in [0.2, 0.25) is 0 Å². The zero-order valence-electron chi connectivity index (χ0n) is 11.1. The molecule has 4 N–H and O–H groups in total. The summed E-state index contributed by atoms with van der Waals surface area (Å²) in [5, 5.41) is 5.99. The van der Waals surface area contributed by atoms with Crippen molar-refractivity contribution in [2.24, 2.45) is 5.92 Å². The number of nitrogens with two attached hydrogens (primary N) is 1. The van der Waals surface area contributed by atoms with Crippen LogP contribution in [0.5, 0.6) is 0 Å². The van der Waals surface area contributed by atoms with Crippen LogP contribution in [0.3, 0.4) is 0 Å². The predicted octanol–water partition coefficient (Wildman–Crippen LogP) is 1.15. The van der Waals surface area contributed by atoms with E-state index in [1.54, 1.807) is 0 Å². The van der Waals surface area contributed by atoms with E-state index in [2.05, 4.69) is 20.6 Å². The van der Waals surface area contributed by atoms with Gasteiger partial charge in [-0.3, -0.25) is 4.79 Å². The molecular weight excluding hydrogens is 254 g/mol. The number of hydrogen-bond donors (Lipinski definition) is 3. The highest BCUT2D eigenvalue weighted by atomic mass is 16.2. The van der Waals surface area contributed by atoms with Gasteiger partial charge in [0.05, 0.1) is 11.0 Å². The number of nitrogens with zero attached hydrogens (tertiary/aromatic N) is 2. The molecule has 0 saturated heterocycles. The first-order valence-electron chi connectivity index (χ1n) is 6.78. The van der Waals surface area contributed by atoms with Crippen LogP contribution in [-0.4, -0.2) is 29.0 Å². The summed E-state index contributed by atoms with van der Waals surface area (Å²) < 4.78 is 0. The van der Waals surface area contributed by atoms with Crippen LogP contribution < -0.4 is 16.4 Å². The van der Waals surface area contributed by atoms with E-state index in [0.717, 1.165) is 23.9 Å². The molecule has 0 radical (unpaired) electrons. The van der Waals surface area contributed by atoms with Crippen molar-refractivity contribution >= 4 is 28.6 Å². The third kappa shape index (κ3) is 2.79. The zero-order valence-corrected chi connectivity index (χ0v) is 11.1. The van der Waals surface area contributed by atoms with E-state index in [4.69, 9.17) is 5.73 Å². The number of aromatic nitrogens is 2. The van der Waals surface area contributed by atoms with Crippen LogP contribution in [0, 0.1) is 5.92 Å². The van der Waals surface area contributed by atoms with Gasteiger partial charge in [-0.1, -0.05) is 12.1 Å². The Balaban J connectivity index is 1.59. The fourth-order valence-corrected chi connectivity index (χ4v) is 2.00. The lowest BCUT2D eigenvalue weighted by molar-refractivity contribution is -0.122. The largest absolute Gasteiger partial charge is 0.381 e. The van der Waals surface area contributed by atoms with Crippen LogP contribution in [-0.2, 0) is 4.79 Å². The molecule has 1 aromatic carbocycles. The van der Waals surface area contributed by atoms with Crippen molar-refractivity contribution in [1.29, 1.82) is 0 Å². The average Bonchev–Trinajstić information content (AvgIpc) is 3.28. The maximum absolute atomic E-state index is 11.5. The third-order valence-corrected chi connectivity index (χ3v) is 3.26. The summed E-state index contributed by atoms with van der Waals surface area (Å²) in [4.78, 5) is 20.2. The van der Waals surface area contributed by atoms with Crippen molar-refractivity contribution in [3.05, 3.63) is 24.3 Å². The van der Waals surface area contributed by atoms with E-state index in [9.17, 15) is 4.79 Å². The summed E-state index contributed by atoms with van der Waals surface area (Å²) in [6.07, 6.45) is 2.03. The zero-order chi connectivity index (χ0) is 13.9. The van der Waals surface area contributed by atoms with Crippen LogP contribution in [0.15, 0.2) is 24.3 Å². The highest BCUT2D eigenvalue weighted by molar-refractivity contribution is 5.81. The number of rotatable bonds is 5. The molecule has 0 spiro atoms. The van der Waals surface area contributed by atoms with Crippen molar-refractivity contribution in [3.63, 3.8) is 0 Å². The second-order valence-corrected chi connectivity index (χ2v) is 4.94. The highest BCUT2D eigenvalue weighted by Gasteiger charge is 2.28. The molecule has 2 aromatic rings. The van der Waals surface area contributed by atoms with Gasteiger partial charge >= 0.3 is 0 Å². The molecule has 1 heterocycles.